The molecular formula is C12H12BrNO3. The molecule has 0 aliphatic heterocycles. The molecule has 0 atom stereocenters. The molecule has 0 aliphatic rings. The van der Waals surface area contributed by atoms with E-state index in [4.69, 9.17) is 9.47 Å². The van der Waals surface area contributed by atoms with Crippen LogP contribution < -0.4 is 4.74 Å². The molecule has 17 heavy (non-hydrogen) atoms. The number of esters is 1. The molecule has 1 heterocycles. The van der Waals surface area contributed by atoms with Crippen LogP contribution in [0.5, 0.6) is 5.75 Å². The smallest absolute Gasteiger partial charge is 0.354 e. The van der Waals surface area contributed by atoms with Gasteiger partial charge in [0.2, 0.25) is 0 Å². The van der Waals surface area contributed by atoms with Crippen LogP contribution in [0.4, 0.5) is 0 Å². The zero-order valence-corrected chi connectivity index (χ0v) is 11.4. The van der Waals surface area contributed by atoms with E-state index in [1.807, 2.05) is 19.2 Å². The lowest BCUT2D eigenvalue weighted by Gasteiger charge is -2.04. The van der Waals surface area contributed by atoms with Crippen LogP contribution in [0.3, 0.4) is 0 Å². The Morgan fingerprint density at radius 3 is 2.59 bits per heavy atom. The van der Waals surface area contributed by atoms with E-state index in [-0.39, 0.29) is 5.97 Å². The molecule has 0 bridgehead atoms. The molecule has 0 saturated carbocycles. The van der Waals surface area contributed by atoms with Gasteiger partial charge in [0.15, 0.2) is 0 Å². The molecule has 0 unspecified atom stereocenters. The third-order valence-corrected chi connectivity index (χ3v) is 3.16. The Labute approximate surface area is 107 Å². The molecule has 0 aliphatic carbocycles. The van der Waals surface area contributed by atoms with Gasteiger partial charge in [0.05, 0.1) is 19.7 Å². The maximum absolute atomic E-state index is 11.6. The topological polar surface area (TPSA) is 40.5 Å². The van der Waals surface area contributed by atoms with Gasteiger partial charge in [-0.2, -0.15) is 0 Å². The molecule has 2 rings (SSSR count). The number of carbonyl (C=O) groups is 1. The summed E-state index contributed by atoms with van der Waals surface area (Å²) >= 11 is 3.41. The van der Waals surface area contributed by atoms with E-state index >= 15 is 0 Å². The number of ether oxygens (including phenoxy) is 2. The summed E-state index contributed by atoms with van der Waals surface area (Å²) in [4.78, 5) is 11.6. The van der Waals surface area contributed by atoms with Crippen molar-refractivity contribution in [1.82, 2.24) is 4.57 Å². The Morgan fingerprint density at radius 2 is 2.00 bits per heavy atom. The summed E-state index contributed by atoms with van der Waals surface area (Å²) in [5.41, 5.74) is 1.41. The van der Waals surface area contributed by atoms with Crippen molar-refractivity contribution in [2.45, 2.75) is 0 Å². The van der Waals surface area contributed by atoms with Crippen molar-refractivity contribution in [2.75, 3.05) is 14.2 Å². The number of hydrogen-bond donors (Lipinski definition) is 0. The number of benzene rings is 1. The van der Waals surface area contributed by atoms with Crippen LogP contribution in [0.1, 0.15) is 10.5 Å². The lowest BCUT2D eigenvalue weighted by atomic mass is 10.2. The van der Waals surface area contributed by atoms with Crippen molar-refractivity contribution >= 4 is 32.8 Å². The molecule has 0 radical (unpaired) electrons. The summed E-state index contributed by atoms with van der Waals surface area (Å²) in [5, 5.41) is 0.888. The minimum absolute atomic E-state index is 0.359. The van der Waals surface area contributed by atoms with Crippen molar-refractivity contribution in [3.8, 4) is 5.75 Å². The van der Waals surface area contributed by atoms with E-state index in [2.05, 4.69) is 15.9 Å². The molecular weight excluding hydrogens is 286 g/mol. The third-order valence-electron chi connectivity index (χ3n) is 2.70. The maximum Gasteiger partial charge on any atom is 0.354 e. The molecule has 0 saturated heterocycles. The lowest BCUT2D eigenvalue weighted by molar-refractivity contribution is 0.0590. The van der Waals surface area contributed by atoms with Crippen molar-refractivity contribution in [3.05, 3.63) is 28.4 Å². The highest BCUT2D eigenvalue weighted by molar-refractivity contribution is 9.10. The average Bonchev–Trinajstić information content (AvgIpc) is 2.65. The molecule has 4 nitrogen and oxygen atoms in total. The largest absolute Gasteiger partial charge is 0.496 e. The zero-order valence-electron chi connectivity index (χ0n) is 9.78. The summed E-state index contributed by atoms with van der Waals surface area (Å²) in [6.07, 6.45) is 0. The number of aromatic nitrogens is 1. The van der Waals surface area contributed by atoms with E-state index in [0.29, 0.717) is 5.69 Å². The zero-order chi connectivity index (χ0) is 12.6. The first-order valence-corrected chi connectivity index (χ1v) is 5.79. The van der Waals surface area contributed by atoms with Crippen LogP contribution in [-0.4, -0.2) is 24.8 Å². The second kappa shape index (κ2) is 4.41. The highest BCUT2D eigenvalue weighted by atomic mass is 79.9. The summed E-state index contributed by atoms with van der Waals surface area (Å²) in [6, 6.07) is 5.57. The van der Waals surface area contributed by atoms with E-state index in [0.717, 1.165) is 21.1 Å². The monoisotopic (exact) mass is 297 g/mol. The van der Waals surface area contributed by atoms with E-state index in [1.54, 1.807) is 17.7 Å². The number of rotatable bonds is 2. The van der Waals surface area contributed by atoms with Crippen LogP contribution in [-0.2, 0) is 11.8 Å². The Morgan fingerprint density at radius 1 is 1.29 bits per heavy atom. The predicted octanol–water partition coefficient (Wildman–Crippen LogP) is 2.74. The first-order chi connectivity index (χ1) is 8.08. The highest BCUT2D eigenvalue weighted by Crippen LogP contribution is 2.32. The minimum Gasteiger partial charge on any atom is -0.496 e. The van der Waals surface area contributed by atoms with Crippen LogP contribution in [0, 0.1) is 0 Å². The number of carbonyl (C=O) groups excluding carboxylic acids is 1. The molecule has 0 N–H and O–H groups in total. The van der Waals surface area contributed by atoms with Crippen molar-refractivity contribution in [3.63, 3.8) is 0 Å². The van der Waals surface area contributed by atoms with E-state index in [1.165, 1.54) is 7.11 Å². The first kappa shape index (κ1) is 12.0. The Kier molecular flexibility index (Phi) is 3.11. The standard InChI is InChI=1S/C12H12BrNO3/c1-14-9-4-7(13)5-11(16-2)8(9)6-10(14)12(15)17-3/h4-6H,1-3H3. The number of fused-ring (bicyclic) bond motifs is 1. The fraction of sp³-hybridized carbons (Fsp3) is 0.250. The van der Waals surface area contributed by atoms with Gasteiger partial charge < -0.3 is 14.0 Å². The first-order valence-electron chi connectivity index (χ1n) is 4.99. The predicted molar refractivity (Wildman–Crippen MR) is 68.5 cm³/mol. The summed E-state index contributed by atoms with van der Waals surface area (Å²) in [5.74, 6) is 0.363. The van der Waals surface area contributed by atoms with Crippen LogP contribution in [0.2, 0.25) is 0 Å². The number of halogens is 1. The van der Waals surface area contributed by atoms with Gasteiger partial charge in [-0.1, -0.05) is 15.9 Å². The molecule has 0 fully saturated rings. The summed E-state index contributed by atoms with van der Waals surface area (Å²) in [6.45, 7) is 0. The van der Waals surface area contributed by atoms with Gasteiger partial charge in [0, 0.05) is 16.9 Å². The van der Waals surface area contributed by atoms with Gasteiger partial charge in [-0.25, -0.2) is 4.79 Å². The van der Waals surface area contributed by atoms with Gasteiger partial charge >= 0.3 is 5.97 Å². The van der Waals surface area contributed by atoms with Crippen LogP contribution in [0.25, 0.3) is 10.9 Å². The second-order valence-corrected chi connectivity index (χ2v) is 4.54. The molecule has 0 spiro atoms. The van der Waals surface area contributed by atoms with E-state index < -0.39 is 0 Å². The lowest BCUT2D eigenvalue weighted by Crippen LogP contribution is -2.06. The maximum atomic E-state index is 11.6. The van der Waals surface area contributed by atoms with Gasteiger partial charge in [0.1, 0.15) is 11.4 Å². The van der Waals surface area contributed by atoms with Crippen molar-refractivity contribution < 1.29 is 14.3 Å². The molecule has 5 heteroatoms. The number of hydrogen-bond acceptors (Lipinski definition) is 3. The molecule has 1 aromatic carbocycles. The number of nitrogens with zero attached hydrogens (tertiary/aromatic N) is 1. The Balaban J connectivity index is 2.77. The van der Waals surface area contributed by atoms with Gasteiger partial charge in [0.25, 0.3) is 0 Å². The van der Waals surface area contributed by atoms with Gasteiger partial charge in [-0.15, -0.1) is 0 Å². The molecule has 0 amide bonds. The second-order valence-electron chi connectivity index (χ2n) is 3.62. The van der Waals surface area contributed by atoms with Gasteiger partial charge in [-0.3, -0.25) is 0 Å². The molecule has 2 aromatic rings. The third kappa shape index (κ3) is 1.91. The van der Waals surface area contributed by atoms with Crippen LogP contribution in [0.15, 0.2) is 22.7 Å². The average molecular weight is 298 g/mol. The summed E-state index contributed by atoms with van der Waals surface area (Å²) < 4.78 is 12.7. The quantitative estimate of drug-likeness (QED) is 0.800. The number of aryl methyl sites for hydroxylation is 1. The van der Waals surface area contributed by atoms with Crippen LogP contribution >= 0.6 is 15.9 Å². The fourth-order valence-corrected chi connectivity index (χ4v) is 2.26. The fourth-order valence-electron chi connectivity index (χ4n) is 1.83. The molecule has 90 valence electrons. The van der Waals surface area contributed by atoms with Crippen molar-refractivity contribution in [1.29, 1.82) is 0 Å². The normalized spacial score (nSPS) is 10.6. The Bertz CT molecular complexity index is 589. The Hall–Kier alpha value is -1.49. The number of methoxy groups -OCH3 is 2. The minimum atomic E-state index is -0.359. The van der Waals surface area contributed by atoms with Gasteiger partial charge in [-0.05, 0) is 18.2 Å². The molecule has 1 aromatic heterocycles. The SMILES string of the molecule is COC(=O)c1cc2c(OC)cc(Br)cc2n1C. The highest BCUT2D eigenvalue weighted by Gasteiger charge is 2.16. The summed E-state index contributed by atoms with van der Waals surface area (Å²) in [7, 11) is 4.79. The van der Waals surface area contributed by atoms with Crippen molar-refractivity contribution in [2.24, 2.45) is 7.05 Å². The van der Waals surface area contributed by atoms with E-state index in [9.17, 15) is 4.79 Å².